The van der Waals surface area contributed by atoms with Crippen LogP contribution in [0.2, 0.25) is 0 Å². The van der Waals surface area contributed by atoms with Crippen LogP contribution in [-0.4, -0.2) is 40.4 Å². The van der Waals surface area contributed by atoms with Gasteiger partial charge in [0.25, 0.3) is 10.1 Å². The van der Waals surface area contributed by atoms with Crippen LogP contribution in [0.25, 0.3) is 0 Å². The molecule has 0 saturated carbocycles. The Morgan fingerprint density at radius 3 is 2.18 bits per heavy atom. The normalized spacial score (nSPS) is 15.2. The molecule has 0 spiro atoms. The molecule has 0 radical (unpaired) electrons. The van der Waals surface area contributed by atoms with Gasteiger partial charge in [-0.2, -0.15) is 8.42 Å². The molecule has 1 aromatic carbocycles. The highest BCUT2D eigenvalue weighted by molar-refractivity contribution is 7.85. The lowest BCUT2D eigenvalue weighted by Gasteiger charge is -2.16. The highest BCUT2D eigenvalue weighted by Gasteiger charge is 2.29. The molecular formula is C9H10O7S. The standard InChI is InChI=1S/C9H10O7S/c10-7(8(11)9(12)13)5-3-1-2-4-6(5)17(14,15)16/h1-4,7-8,10-11H,(H,12,13)(H,14,15,16). The molecule has 2 unspecified atom stereocenters. The van der Waals surface area contributed by atoms with Crippen LogP contribution >= 0.6 is 0 Å². The smallest absolute Gasteiger partial charge is 0.335 e. The van der Waals surface area contributed by atoms with Crippen molar-refractivity contribution in [1.82, 2.24) is 0 Å². The molecule has 0 bridgehead atoms. The number of carboxylic acids is 1. The maximum absolute atomic E-state index is 11.0. The maximum atomic E-state index is 11.0. The van der Waals surface area contributed by atoms with Gasteiger partial charge in [0, 0.05) is 5.56 Å². The molecule has 0 heterocycles. The average molecular weight is 262 g/mol. The molecule has 0 saturated heterocycles. The second-order valence-corrected chi connectivity index (χ2v) is 4.63. The van der Waals surface area contributed by atoms with Crippen molar-refractivity contribution in [2.75, 3.05) is 0 Å². The molecule has 94 valence electrons. The molecule has 0 aromatic heterocycles. The predicted octanol–water partition coefficient (Wildman–Crippen LogP) is -0.588. The molecule has 0 aliphatic heterocycles. The number of benzene rings is 1. The second kappa shape index (κ2) is 4.80. The van der Waals surface area contributed by atoms with Gasteiger partial charge in [0.1, 0.15) is 6.10 Å². The van der Waals surface area contributed by atoms with E-state index in [1.165, 1.54) is 12.1 Å². The van der Waals surface area contributed by atoms with E-state index in [0.717, 1.165) is 12.1 Å². The van der Waals surface area contributed by atoms with Crippen LogP contribution in [-0.2, 0) is 14.9 Å². The van der Waals surface area contributed by atoms with Crippen LogP contribution in [0.3, 0.4) is 0 Å². The van der Waals surface area contributed by atoms with Gasteiger partial charge in [0.2, 0.25) is 0 Å². The van der Waals surface area contributed by atoms with Gasteiger partial charge < -0.3 is 15.3 Å². The number of aliphatic carboxylic acids is 1. The lowest BCUT2D eigenvalue weighted by molar-refractivity contribution is -0.153. The molecule has 0 amide bonds. The van der Waals surface area contributed by atoms with Crippen LogP contribution in [0.15, 0.2) is 29.2 Å². The lowest BCUT2D eigenvalue weighted by atomic mass is 10.0. The summed E-state index contributed by atoms with van der Waals surface area (Å²) < 4.78 is 30.8. The first kappa shape index (κ1) is 13.6. The molecule has 0 aliphatic rings. The Hall–Kier alpha value is -1.48. The van der Waals surface area contributed by atoms with Crippen molar-refractivity contribution in [2.45, 2.75) is 17.1 Å². The minimum atomic E-state index is -4.60. The number of rotatable bonds is 4. The summed E-state index contributed by atoms with van der Waals surface area (Å²) in [4.78, 5) is 9.81. The number of aliphatic hydroxyl groups is 2. The molecule has 2 atom stereocenters. The highest BCUT2D eigenvalue weighted by Crippen LogP contribution is 2.24. The summed E-state index contributed by atoms with van der Waals surface area (Å²) in [6.45, 7) is 0. The van der Waals surface area contributed by atoms with Crippen molar-refractivity contribution in [3.05, 3.63) is 29.8 Å². The van der Waals surface area contributed by atoms with Gasteiger partial charge in [-0.05, 0) is 6.07 Å². The molecule has 0 aliphatic carbocycles. The Labute approximate surface area is 96.7 Å². The fraction of sp³-hybridized carbons (Fsp3) is 0.222. The van der Waals surface area contributed by atoms with Gasteiger partial charge in [0.05, 0.1) is 4.90 Å². The number of carboxylic acid groups (broad SMARTS) is 1. The number of carbonyl (C=O) groups is 1. The van der Waals surface area contributed by atoms with Gasteiger partial charge in [0.15, 0.2) is 6.10 Å². The van der Waals surface area contributed by atoms with E-state index in [-0.39, 0.29) is 5.56 Å². The average Bonchev–Trinajstić information content (AvgIpc) is 2.25. The Morgan fingerprint density at radius 1 is 1.18 bits per heavy atom. The van der Waals surface area contributed by atoms with Crippen molar-refractivity contribution in [2.24, 2.45) is 0 Å². The molecule has 0 fully saturated rings. The molecule has 17 heavy (non-hydrogen) atoms. The minimum Gasteiger partial charge on any atom is -0.479 e. The van der Waals surface area contributed by atoms with E-state index in [1.807, 2.05) is 0 Å². The van der Waals surface area contributed by atoms with Gasteiger partial charge >= 0.3 is 5.97 Å². The molecule has 1 rings (SSSR count). The first-order valence-electron chi connectivity index (χ1n) is 4.40. The van der Waals surface area contributed by atoms with Crippen molar-refractivity contribution >= 4 is 16.1 Å². The third-order valence-corrected chi connectivity index (χ3v) is 3.00. The van der Waals surface area contributed by atoms with E-state index in [9.17, 15) is 18.3 Å². The van der Waals surface area contributed by atoms with Crippen LogP contribution in [0, 0.1) is 0 Å². The summed E-state index contributed by atoms with van der Waals surface area (Å²) in [6.07, 6.45) is -4.14. The van der Waals surface area contributed by atoms with Crippen molar-refractivity contribution < 1.29 is 33.1 Å². The number of hydrogen-bond acceptors (Lipinski definition) is 5. The Bertz CT molecular complexity index is 522. The van der Waals surface area contributed by atoms with Gasteiger partial charge in [-0.25, -0.2) is 4.79 Å². The van der Waals surface area contributed by atoms with Crippen LogP contribution < -0.4 is 0 Å². The SMILES string of the molecule is O=C(O)C(O)C(O)c1ccccc1S(=O)(=O)O. The molecule has 7 nitrogen and oxygen atoms in total. The summed E-state index contributed by atoms with van der Waals surface area (Å²) in [5, 5.41) is 27.1. The zero-order valence-corrected chi connectivity index (χ0v) is 9.20. The Morgan fingerprint density at radius 2 is 1.71 bits per heavy atom. The van der Waals surface area contributed by atoms with E-state index in [2.05, 4.69) is 0 Å². The fourth-order valence-corrected chi connectivity index (χ4v) is 2.00. The van der Waals surface area contributed by atoms with Crippen molar-refractivity contribution in [1.29, 1.82) is 0 Å². The minimum absolute atomic E-state index is 0.384. The summed E-state index contributed by atoms with van der Waals surface area (Å²) in [7, 11) is -4.60. The summed E-state index contributed by atoms with van der Waals surface area (Å²) in [5.74, 6) is -1.71. The van der Waals surface area contributed by atoms with Crippen LogP contribution in [0.4, 0.5) is 0 Å². The van der Waals surface area contributed by atoms with Gasteiger partial charge in [-0.1, -0.05) is 18.2 Å². The zero-order valence-electron chi connectivity index (χ0n) is 8.39. The van der Waals surface area contributed by atoms with Gasteiger partial charge in [-0.15, -0.1) is 0 Å². The van der Waals surface area contributed by atoms with E-state index in [0.29, 0.717) is 0 Å². The predicted molar refractivity (Wildman–Crippen MR) is 54.9 cm³/mol. The fourth-order valence-electron chi connectivity index (χ4n) is 1.26. The maximum Gasteiger partial charge on any atom is 0.335 e. The molecule has 8 heteroatoms. The van der Waals surface area contributed by atoms with Crippen LogP contribution in [0.5, 0.6) is 0 Å². The van der Waals surface area contributed by atoms with Crippen molar-refractivity contribution in [3.63, 3.8) is 0 Å². The number of hydrogen-bond donors (Lipinski definition) is 4. The quantitative estimate of drug-likeness (QED) is 0.533. The lowest BCUT2D eigenvalue weighted by Crippen LogP contribution is -2.28. The number of aliphatic hydroxyl groups excluding tert-OH is 2. The molecule has 4 N–H and O–H groups in total. The van der Waals surface area contributed by atoms with E-state index in [1.54, 1.807) is 0 Å². The first-order valence-corrected chi connectivity index (χ1v) is 5.84. The van der Waals surface area contributed by atoms with Gasteiger partial charge in [-0.3, -0.25) is 4.55 Å². The monoisotopic (exact) mass is 262 g/mol. The first-order chi connectivity index (χ1) is 7.75. The third-order valence-electron chi connectivity index (χ3n) is 2.07. The Kier molecular flexibility index (Phi) is 3.83. The second-order valence-electron chi connectivity index (χ2n) is 3.24. The van der Waals surface area contributed by atoms with E-state index < -0.39 is 33.2 Å². The summed E-state index contributed by atoms with van der Waals surface area (Å²) in [5.41, 5.74) is -0.384. The van der Waals surface area contributed by atoms with E-state index >= 15 is 0 Å². The topological polar surface area (TPSA) is 132 Å². The van der Waals surface area contributed by atoms with Crippen LogP contribution in [0.1, 0.15) is 11.7 Å². The van der Waals surface area contributed by atoms with Crippen molar-refractivity contribution in [3.8, 4) is 0 Å². The molecular weight excluding hydrogens is 252 g/mol. The summed E-state index contributed by atoms with van der Waals surface area (Å²) in [6, 6.07) is 4.71. The van der Waals surface area contributed by atoms with E-state index in [4.69, 9.17) is 14.8 Å². The zero-order chi connectivity index (χ0) is 13.2. The molecule has 1 aromatic rings. The summed E-state index contributed by atoms with van der Waals surface area (Å²) >= 11 is 0. The largest absolute Gasteiger partial charge is 0.479 e. The third kappa shape index (κ3) is 3.01. The Balaban J connectivity index is 3.28. The highest BCUT2D eigenvalue weighted by atomic mass is 32.2.